The summed E-state index contributed by atoms with van der Waals surface area (Å²) in [6.45, 7) is 4.44. The van der Waals surface area contributed by atoms with Gasteiger partial charge in [-0.25, -0.2) is 13.1 Å². The number of rotatable bonds is 8. The molecule has 8 nitrogen and oxygen atoms in total. The lowest BCUT2D eigenvalue weighted by atomic mass is 9.90. The lowest BCUT2D eigenvalue weighted by Gasteiger charge is -2.18. The van der Waals surface area contributed by atoms with Gasteiger partial charge in [-0.3, -0.25) is 9.59 Å². The van der Waals surface area contributed by atoms with E-state index >= 15 is 0 Å². The molecule has 2 heterocycles. The minimum atomic E-state index is -4.05. The monoisotopic (exact) mass is 593 g/mol. The normalized spacial score (nSPS) is 16.3. The number of methoxy groups -OCH3 is 1. The minimum absolute atomic E-state index is 0.0267. The summed E-state index contributed by atoms with van der Waals surface area (Å²) in [5, 5.41) is 1.45. The van der Waals surface area contributed by atoms with E-state index in [2.05, 4.69) is 15.8 Å². The Morgan fingerprint density at radius 3 is 2.61 bits per heavy atom. The van der Waals surface area contributed by atoms with Crippen LogP contribution in [-0.2, 0) is 21.2 Å². The molecule has 1 aliphatic rings. The highest BCUT2D eigenvalue weighted by Gasteiger charge is 2.29. The topological polar surface area (TPSA) is 109 Å². The van der Waals surface area contributed by atoms with Gasteiger partial charge in [0.1, 0.15) is 10.9 Å². The predicted molar refractivity (Wildman–Crippen MR) is 159 cm³/mol. The summed E-state index contributed by atoms with van der Waals surface area (Å²) in [5.41, 5.74) is 4.28. The fourth-order valence-corrected chi connectivity index (χ4v) is 7.19. The number of sulfonamides is 1. The highest BCUT2D eigenvalue weighted by Crippen LogP contribution is 2.40. The first-order valence-corrected chi connectivity index (χ1v) is 15.2. The molecule has 2 amide bonds. The summed E-state index contributed by atoms with van der Waals surface area (Å²) in [4.78, 5) is 30.5. The summed E-state index contributed by atoms with van der Waals surface area (Å²) in [5.74, 6) is -0.409. The fourth-order valence-electron chi connectivity index (χ4n) is 5.61. The van der Waals surface area contributed by atoms with E-state index in [1.807, 2.05) is 26.1 Å². The van der Waals surface area contributed by atoms with Crippen LogP contribution < -0.4 is 9.46 Å². The van der Waals surface area contributed by atoms with E-state index in [4.69, 9.17) is 16.3 Å². The largest absolute Gasteiger partial charge is 0.496 e. The minimum Gasteiger partial charge on any atom is -0.496 e. The number of H-pyrrole nitrogens is 1. The maximum absolute atomic E-state index is 13.0. The highest BCUT2D eigenvalue weighted by molar-refractivity contribution is 7.90. The molecule has 0 radical (unpaired) electrons. The van der Waals surface area contributed by atoms with Crippen LogP contribution in [0.1, 0.15) is 51.9 Å². The average molecular weight is 594 g/mol. The van der Waals surface area contributed by atoms with Crippen molar-refractivity contribution in [1.29, 1.82) is 0 Å². The second-order valence-electron chi connectivity index (χ2n) is 10.6. The Bertz CT molecular complexity index is 1760. The molecular weight excluding hydrogens is 562 g/mol. The number of benzene rings is 3. The first kappa shape index (κ1) is 28.7. The maximum atomic E-state index is 13.0. The summed E-state index contributed by atoms with van der Waals surface area (Å²) in [7, 11) is -0.717. The van der Waals surface area contributed by atoms with Gasteiger partial charge in [0.05, 0.1) is 12.0 Å². The predicted octanol–water partition coefficient (Wildman–Crippen LogP) is 5.43. The van der Waals surface area contributed by atoms with Crippen LogP contribution in [0.15, 0.2) is 65.6 Å². The molecule has 1 aliphatic heterocycles. The maximum Gasteiger partial charge on any atom is 0.265 e. The summed E-state index contributed by atoms with van der Waals surface area (Å²) in [6.07, 6.45) is 1.50. The number of fused-ring (bicyclic) bond motifs is 1. The van der Waals surface area contributed by atoms with Gasteiger partial charge in [0.25, 0.3) is 15.9 Å². The Labute approximate surface area is 244 Å². The number of aryl methyl sites for hydroxylation is 1. The molecule has 214 valence electrons. The van der Waals surface area contributed by atoms with Gasteiger partial charge in [-0.15, -0.1) is 0 Å². The van der Waals surface area contributed by atoms with Gasteiger partial charge in [0.15, 0.2) is 0 Å². The van der Waals surface area contributed by atoms with Crippen molar-refractivity contribution in [3.05, 3.63) is 93.6 Å². The first-order valence-electron chi connectivity index (χ1n) is 13.4. The number of carbonyl (C=O) groups excluding carboxylic acids is 2. The average Bonchev–Trinajstić information content (AvgIpc) is 3.44. The Morgan fingerprint density at radius 1 is 1.17 bits per heavy atom. The molecule has 0 saturated carbocycles. The fraction of sp³-hybridized carbons (Fsp3) is 0.290. The Morgan fingerprint density at radius 2 is 1.93 bits per heavy atom. The molecule has 1 aromatic heterocycles. The second kappa shape index (κ2) is 11.2. The zero-order valence-electron chi connectivity index (χ0n) is 23.3. The van der Waals surface area contributed by atoms with Gasteiger partial charge in [0.2, 0.25) is 5.91 Å². The third-order valence-electron chi connectivity index (χ3n) is 7.88. The lowest BCUT2D eigenvalue weighted by Crippen LogP contribution is -2.31. The lowest BCUT2D eigenvalue weighted by molar-refractivity contribution is -0.129. The standard InChI is InChI=1S/C31H32ClN3O5S/c1-18-7-5-6-8-27(18)41(38,39)34-30(36)21-10-11-23(26(17-21)40-4)19(2)28-24-16-20(9-12-25(24)33-29(28)32)15-22-13-14-35(3)31(22)37/h5-12,16-17,19,22,33H,13-15H2,1-4H3,(H,34,36). The number of aromatic amines is 1. The molecule has 2 unspecified atom stereocenters. The van der Waals surface area contributed by atoms with E-state index in [0.29, 0.717) is 22.9 Å². The van der Waals surface area contributed by atoms with Crippen molar-refractivity contribution in [2.24, 2.45) is 5.92 Å². The number of ether oxygens (including phenoxy) is 1. The molecule has 5 rings (SSSR count). The SMILES string of the molecule is COc1cc(C(=O)NS(=O)(=O)c2ccccc2C)ccc1C(C)c1c(Cl)[nH]c2ccc(CC3CCN(C)C3=O)cc12. The van der Waals surface area contributed by atoms with Crippen LogP contribution in [0.2, 0.25) is 5.15 Å². The zero-order valence-corrected chi connectivity index (χ0v) is 24.9. The van der Waals surface area contributed by atoms with E-state index in [1.54, 1.807) is 42.2 Å². The van der Waals surface area contributed by atoms with E-state index < -0.39 is 15.9 Å². The van der Waals surface area contributed by atoms with Gasteiger partial charge in [-0.1, -0.05) is 48.9 Å². The Hall–Kier alpha value is -3.82. The zero-order chi connectivity index (χ0) is 29.5. The number of halogens is 1. The molecule has 10 heteroatoms. The van der Waals surface area contributed by atoms with Gasteiger partial charge in [0, 0.05) is 53.0 Å². The van der Waals surface area contributed by atoms with Gasteiger partial charge in [-0.05, 0) is 61.2 Å². The van der Waals surface area contributed by atoms with Gasteiger partial charge < -0.3 is 14.6 Å². The van der Waals surface area contributed by atoms with E-state index in [-0.39, 0.29) is 28.2 Å². The Kier molecular flexibility index (Phi) is 7.85. The smallest absolute Gasteiger partial charge is 0.265 e. The van der Waals surface area contributed by atoms with E-state index in [9.17, 15) is 18.0 Å². The molecule has 3 aromatic carbocycles. The van der Waals surface area contributed by atoms with Crippen molar-refractivity contribution < 1.29 is 22.7 Å². The summed E-state index contributed by atoms with van der Waals surface area (Å²) < 4.78 is 33.5. The highest BCUT2D eigenvalue weighted by atomic mass is 35.5. The molecule has 1 saturated heterocycles. The van der Waals surface area contributed by atoms with Crippen LogP contribution in [0.25, 0.3) is 10.9 Å². The molecule has 4 aromatic rings. The summed E-state index contributed by atoms with van der Waals surface area (Å²) in [6, 6.07) is 17.4. The third kappa shape index (κ3) is 5.56. The number of amides is 2. The molecule has 2 N–H and O–H groups in total. The molecule has 0 spiro atoms. The van der Waals surface area contributed by atoms with Crippen molar-refractivity contribution in [3.63, 3.8) is 0 Å². The van der Waals surface area contributed by atoms with Crippen molar-refractivity contribution in [2.45, 2.75) is 37.5 Å². The third-order valence-corrected chi connectivity index (χ3v) is 9.67. The van der Waals surface area contributed by atoms with Crippen molar-refractivity contribution in [1.82, 2.24) is 14.6 Å². The second-order valence-corrected chi connectivity index (χ2v) is 12.6. The van der Waals surface area contributed by atoms with Crippen LogP contribution in [0.4, 0.5) is 0 Å². The number of aromatic nitrogens is 1. The molecule has 41 heavy (non-hydrogen) atoms. The van der Waals surface area contributed by atoms with Gasteiger partial charge in [-0.2, -0.15) is 0 Å². The van der Waals surface area contributed by atoms with Crippen molar-refractivity contribution in [3.8, 4) is 5.75 Å². The van der Waals surface area contributed by atoms with Crippen LogP contribution in [0, 0.1) is 12.8 Å². The van der Waals surface area contributed by atoms with Crippen LogP contribution >= 0.6 is 11.6 Å². The van der Waals surface area contributed by atoms with Crippen molar-refractivity contribution >= 4 is 44.3 Å². The van der Waals surface area contributed by atoms with E-state index in [0.717, 1.165) is 40.6 Å². The molecule has 1 fully saturated rings. The van der Waals surface area contributed by atoms with Crippen molar-refractivity contribution in [2.75, 3.05) is 20.7 Å². The number of likely N-dealkylation sites (tertiary alicyclic amines) is 1. The summed E-state index contributed by atoms with van der Waals surface area (Å²) >= 11 is 6.71. The molecule has 0 bridgehead atoms. The first-order chi connectivity index (χ1) is 19.5. The van der Waals surface area contributed by atoms with Gasteiger partial charge >= 0.3 is 0 Å². The molecular formula is C31H32ClN3O5S. The number of hydrogen-bond donors (Lipinski definition) is 2. The number of carbonyl (C=O) groups is 2. The number of nitrogens with one attached hydrogen (secondary N) is 2. The van der Waals surface area contributed by atoms with E-state index in [1.165, 1.54) is 19.2 Å². The van der Waals surface area contributed by atoms with Crippen LogP contribution in [0.5, 0.6) is 5.75 Å². The quantitative estimate of drug-likeness (QED) is 0.283. The number of hydrogen-bond acceptors (Lipinski definition) is 5. The van der Waals surface area contributed by atoms with Crippen LogP contribution in [-0.4, -0.2) is 50.8 Å². The number of nitrogens with zero attached hydrogens (tertiary/aromatic N) is 1. The molecule has 0 aliphatic carbocycles. The molecule has 2 atom stereocenters. The Balaban J connectivity index is 1.43. The van der Waals surface area contributed by atoms with Crippen LogP contribution in [0.3, 0.4) is 0 Å².